The summed E-state index contributed by atoms with van der Waals surface area (Å²) in [5.41, 5.74) is -0.0549. The number of hydrogen-bond acceptors (Lipinski definition) is 2. The van der Waals surface area contributed by atoms with E-state index in [0.717, 1.165) is 0 Å². The second-order valence-corrected chi connectivity index (χ2v) is 3.03. The second-order valence-electron chi connectivity index (χ2n) is 2.12. The van der Waals surface area contributed by atoms with Gasteiger partial charge < -0.3 is 10.2 Å². The molecular weight excluding hydrogens is 243 g/mol. The highest BCUT2D eigenvalue weighted by molar-refractivity contribution is 9.10. The molecule has 13 heavy (non-hydrogen) atoms. The van der Waals surface area contributed by atoms with E-state index >= 15 is 0 Å². The van der Waals surface area contributed by atoms with Gasteiger partial charge in [0.1, 0.15) is 5.82 Å². The van der Waals surface area contributed by atoms with Crippen molar-refractivity contribution in [2.45, 2.75) is 0 Å². The molecule has 0 radical (unpaired) electrons. The van der Waals surface area contributed by atoms with Gasteiger partial charge in [0.05, 0.1) is 12.7 Å². The number of ether oxygens (including phenoxy) is 1. The number of methoxy groups -OCH3 is 1. The summed E-state index contributed by atoms with van der Waals surface area (Å²) in [4.78, 5) is 10.9. The molecule has 1 aromatic carbocycles. The highest BCUT2D eigenvalue weighted by Gasteiger charge is 2.10. The van der Waals surface area contributed by atoms with E-state index in [1.54, 1.807) is 6.07 Å². The van der Waals surface area contributed by atoms with Gasteiger partial charge in [-0.1, -0.05) is 15.9 Å². The lowest BCUT2D eigenvalue weighted by Crippen LogP contribution is -2.03. The van der Waals surface area contributed by atoms with Crippen molar-refractivity contribution in [1.29, 1.82) is 0 Å². The van der Waals surface area contributed by atoms with Crippen molar-refractivity contribution in [2.75, 3.05) is 7.11 Å². The molecule has 5 heteroatoms. The maximum atomic E-state index is 13.0. The molecule has 0 fully saturated rings. The third kappa shape index (κ3) is 2.78. The van der Waals surface area contributed by atoms with Crippen molar-refractivity contribution in [1.82, 2.24) is 0 Å². The molecule has 3 nitrogen and oxygen atoms in total. The Labute approximate surface area is 83.0 Å². The molecule has 0 saturated carbocycles. The molecule has 0 aliphatic carbocycles. The van der Waals surface area contributed by atoms with Crippen molar-refractivity contribution in [3.05, 3.63) is 34.1 Å². The maximum absolute atomic E-state index is 13.0. The van der Waals surface area contributed by atoms with Gasteiger partial charge in [-0.05, 0) is 18.2 Å². The van der Waals surface area contributed by atoms with Crippen LogP contribution in [0.25, 0.3) is 0 Å². The smallest absolute Gasteiger partial charge is 0.340 e. The van der Waals surface area contributed by atoms with Crippen molar-refractivity contribution in [2.24, 2.45) is 0 Å². The van der Waals surface area contributed by atoms with Crippen LogP contribution in [0.5, 0.6) is 0 Å². The average molecular weight is 251 g/mol. The minimum atomic E-state index is -0.667. The summed E-state index contributed by atoms with van der Waals surface area (Å²) >= 11 is 3.08. The molecule has 72 valence electrons. The van der Waals surface area contributed by atoms with Crippen LogP contribution in [0, 0.1) is 5.82 Å². The third-order valence-corrected chi connectivity index (χ3v) is 1.83. The van der Waals surface area contributed by atoms with Crippen molar-refractivity contribution in [3.63, 3.8) is 0 Å². The van der Waals surface area contributed by atoms with Gasteiger partial charge in [-0.15, -0.1) is 0 Å². The number of carbonyl (C=O) groups is 1. The fraction of sp³-hybridized carbons (Fsp3) is 0.125. The van der Waals surface area contributed by atoms with Gasteiger partial charge in [0, 0.05) is 4.47 Å². The quantitative estimate of drug-likeness (QED) is 0.711. The summed E-state index contributed by atoms with van der Waals surface area (Å²) in [6.45, 7) is 0. The van der Waals surface area contributed by atoms with Gasteiger partial charge in [0.2, 0.25) is 0 Å². The van der Waals surface area contributed by atoms with Gasteiger partial charge >= 0.3 is 5.97 Å². The zero-order valence-electron chi connectivity index (χ0n) is 6.80. The fourth-order valence-corrected chi connectivity index (χ4v) is 1.10. The monoisotopic (exact) mass is 250 g/mol. The predicted octanol–water partition coefficient (Wildman–Crippen LogP) is 1.55. The topological polar surface area (TPSA) is 57.8 Å². The van der Waals surface area contributed by atoms with E-state index in [0.29, 0.717) is 4.47 Å². The number of rotatable bonds is 1. The zero-order chi connectivity index (χ0) is 9.14. The maximum Gasteiger partial charge on any atom is 0.340 e. The average Bonchev–Trinajstić information content (AvgIpc) is 2.03. The van der Waals surface area contributed by atoms with Crippen LogP contribution in [0.2, 0.25) is 0 Å². The number of esters is 1. The van der Waals surface area contributed by atoms with Crippen LogP contribution < -0.4 is 0 Å². The summed E-state index contributed by atoms with van der Waals surface area (Å²) in [5.74, 6) is -1.25. The van der Waals surface area contributed by atoms with Crippen LogP contribution in [0.3, 0.4) is 0 Å². The molecule has 0 saturated heterocycles. The van der Waals surface area contributed by atoms with Crippen LogP contribution in [-0.2, 0) is 4.74 Å². The Morgan fingerprint density at radius 2 is 2.15 bits per heavy atom. The first kappa shape index (κ1) is 12.1. The van der Waals surface area contributed by atoms with Gasteiger partial charge in [-0.2, -0.15) is 0 Å². The Morgan fingerprint density at radius 1 is 1.54 bits per heavy atom. The van der Waals surface area contributed by atoms with E-state index in [1.165, 1.54) is 19.2 Å². The molecule has 1 aromatic rings. The van der Waals surface area contributed by atoms with E-state index in [9.17, 15) is 9.18 Å². The predicted molar refractivity (Wildman–Crippen MR) is 49.1 cm³/mol. The second kappa shape index (κ2) is 4.94. The SMILES string of the molecule is COC(=O)c1ccc(Br)cc1F.O. The van der Waals surface area contributed by atoms with E-state index in [2.05, 4.69) is 20.7 Å². The minimum absolute atomic E-state index is 0. The standard InChI is InChI=1S/C8H6BrFO2.H2O/c1-12-8(11)6-3-2-5(9)4-7(6)10;/h2-4H,1H3;1H2. The van der Waals surface area contributed by atoms with E-state index in [-0.39, 0.29) is 11.0 Å². The van der Waals surface area contributed by atoms with Crippen LogP contribution in [0.15, 0.2) is 22.7 Å². The van der Waals surface area contributed by atoms with Gasteiger partial charge in [-0.25, -0.2) is 9.18 Å². The molecule has 0 amide bonds. The zero-order valence-corrected chi connectivity index (χ0v) is 8.39. The summed E-state index contributed by atoms with van der Waals surface area (Å²) in [6.07, 6.45) is 0. The number of benzene rings is 1. The van der Waals surface area contributed by atoms with Crippen molar-refractivity contribution < 1.29 is 19.4 Å². The molecule has 0 atom stereocenters. The normalized spacial score (nSPS) is 8.85. The molecule has 2 N–H and O–H groups in total. The first-order chi connectivity index (χ1) is 5.65. The third-order valence-electron chi connectivity index (χ3n) is 1.34. The van der Waals surface area contributed by atoms with E-state index < -0.39 is 11.8 Å². The first-order valence-corrected chi connectivity index (χ1v) is 3.98. The van der Waals surface area contributed by atoms with Crippen LogP contribution in [-0.4, -0.2) is 18.6 Å². The Morgan fingerprint density at radius 3 is 2.62 bits per heavy atom. The molecular formula is C8H8BrFO3. The molecule has 0 aromatic heterocycles. The summed E-state index contributed by atoms with van der Waals surface area (Å²) in [6, 6.07) is 4.16. The number of carbonyl (C=O) groups excluding carboxylic acids is 1. The summed E-state index contributed by atoms with van der Waals surface area (Å²) in [7, 11) is 1.21. The Hall–Kier alpha value is -0.940. The number of hydrogen-bond donors (Lipinski definition) is 0. The van der Waals surface area contributed by atoms with Crippen LogP contribution in [0.1, 0.15) is 10.4 Å². The molecule has 0 heterocycles. The molecule has 1 rings (SSSR count). The van der Waals surface area contributed by atoms with Crippen LogP contribution in [0.4, 0.5) is 4.39 Å². The largest absolute Gasteiger partial charge is 0.465 e. The van der Waals surface area contributed by atoms with Gasteiger partial charge in [0.15, 0.2) is 0 Å². The summed E-state index contributed by atoms with van der Waals surface area (Å²) in [5, 5.41) is 0. The Balaban J connectivity index is 0.00000144. The van der Waals surface area contributed by atoms with Crippen molar-refractivity contribution >= 4 is 21.9 Å². The Kier molecular flexibility index (Phi) is 4.58. The fourth-order valence-electron chi connectivity index (χ4n) is 0.765. The van der Waals surface area contributed by atoms with E-state index in [4.69, 9.17) is 0 Å². The molecule has 0 bridgehead atoms. The van der Waals surface area contributed by atoms with Crippen molar-refractivity contribution in [3.8, 4) is 0 Å². The molecule has 0 unspecified atom stereocenters. The number of halogens is 2. The Bertz CT molecular complexity index is 314. The highest BCUT2D eigenvalue weighted by Crippen LogP contribution is 2.15. The first-order valence-electron chi connectivity index (χ1n) is 3.18. The molecule has 0 aliphatic heterocycles. The van der Waals surface area contributed by atoms with Gasteiger partial charge in [0.25, 0.3) is 0 Å². The minimum Gasteiger partial charge on any atom is -0.465 e. The molecule has 0 spiro atoms. The van der Waals surface area contributed by atoms with Crippen LogP contribution >= 0.6 is 15.9 Å². The van der Waals surface area contributed by atoms with E-state index in [1.807, 2.05) is 0 Å². The van der Waals surface area contributed by atoms with Gasteiger partial charge in [-0.3, -0.25) is 0 Å². The lowest BCUT2D eigenvalue weighted by atomic mass is 10.2. The highest BCUT2D eigenvalue weighted by atomic mass is 79.9. The lowest BCUT2D eigenvalue weighted by Gasteiger charge is -2.00. The summed E-state index contributed by atoms with van der Waals surface area (Å²) < 4.78 is 17.9. The lowest BCUT2D eigenvalue weighted by molar-refractivity contribution is 0.0595. The molecule has 0 aliphatic rings.